The maximum absolute atomic E-state index is 6.35. The van der Waals surface area contributed by atoms with Gasteiger partial charge in [-0.15, -0.1) is 0 Å². The van der Waals surface area contributed by atoms with Gasteiger partial charge in [-0.1, -0.05) is 58.7 Å². The van der Waals surface area contributed by atoms with Gasteiger partial charge in [0.15, 0.2) is 0 Å². The van der Waals surface area contributed by atoms with E-state index >= 15 is 0 Å². The molecule has 0 heterocycles. The van der Waals surface area contributed by atoms with Gasteiger partial charge >= 0.3 is 0 Å². The average Bonchev–Trinajstić information content (AvgIpc) is 2.15. The average molecular weight is 380 g/mol. The monoisotopic (exact) mass is 378 g/mol. The van der Waals surface area contributed by atoms with E-state index in [0.717, 1.165) is 15.6 Å². The quantitative estimate of drug-likeness (QED) is 0.481. The third-order valence-corrected chi connectivity index (χ3v) is 8.78. The predicted molar refractivity (Wildman–Crippen MR) is 84.6 cm³/mol. The first-order valence-electron chi connectivity index (χ1n) is 5.71. The lowest BCUT2D eigenvalue weighted by Crippen LogP contribution is -2.44. The van der Waals surface area contributed by atoms with Gasteiger partial charge < -0.3 is 4.43 Å². The standard InChI is InChI=1S/C13H20Br2OSi/c1-13(2,3)17(4,5)16-12-8-11(15)7-6-10(12)9-14/h6-8H,9H2,1-5H3. The van der Waals surface area contributed by atoms with E-state index in [1.54, 1.807) is 0 Å². The maximum atomic E-state index is 6.35. The molecule has 0 fully saturated rings. The molecule has 1 aromatic rings. The van der Waals surface area contributed by atoms with Crippen LogP contribution < -0.4 is 4.43 Å². The lowest BCUT2D eigenvalue weighted by Gasteiger charge is -2.37. The Hall–Kier alpha value is 0.197. The van der Waals surface area contributed by atoms with E-state index in [-0.39, 0.29) is 5.04 Å². The van der Waals surface area contributed by atoms with Gasteiger partial charge in [0.25, 0.3) is 0 Å². The van der Waals surface area contributed by atoms with Crippen molar-refractivity contribution in [1.29, 1.82) is 0 Å². The van der Waals surface area contributed by atoms with Gasteiger partial charge in [0, 0.05) is 15.4 Å². The Bertz CT molecular complexity index is 397. The lowest BCUT2D eigenvalue weighted by molar-refractivity contribution is 0.489. The molecular formula is C13H20Br2OSi. The van der Waals surface area contributed by atoms with Crippen molar-refractivity contribution in [3.8, 4) is 5.75 Å². The second-order valence-corrected chi connectivity index (χ2v) is 11.9. The van der Waals surface area contributed by atoms with Gasteiger partial charge in [-0.2, -0.15) is 0 Å². The SMILES string of the molecule is CC(C)(C)[Si](C)(C)Oc1cc(Br)ccc1CBr. The molecule has 0 N–H and O–H groups in total. The molecule has 1 nitrogen and oxygen atoms in total. The summed E-state index contributed by atoms with van der Waals surface area (Å²) in [4.78, 5) is 0. The number of benzene rings is 1. The second-order valence-electron chi connectivity index (χ2n) is 5.75. The molecule has 0 amide bonds. The van der Waals surface area contributed by atoms with E-state index < -0.39 is 8.32 Å². The van der Waals surface area contributed by atoms with Crippen LogP contribution in [0.25, 0.3) is 0 Å². The fourth-order valence-corrected chi connectivity index (χ4v) is 3.01. The maximum Gasteiger partial charge on any atom is 0.250 e. The van der Waals surface area contributed by atoms with E-state index in [0.29, 0.717) is 0 Å². The van der Waals surface area contributed by atoms with Crippen LogP contribution in [0.2, 0.25) is 18.1 Å². The zero-order valence-electron chi connectivity index (χ0n) is 11.1. The lowest BCUT2D eigenvalue weighted by atomic mass is 10.2. The molecule has 0 bridgehead atoms. The third-order valence-electron chi connectivity index (χ3n) is 3.34. The molecule has 0 saturated carbocycles. The topological polar surface area (TPSA) is 9.23 Å². The molecule has 0 aliphatic rings. The third kappa shape index (κ3) is 3.83. The Morgan fingerprint density at radius 1 is 1.24 bits per heavy atom. The van der Waals surface area contributed by atoms with E-state index in [2.05, 4.69) is 83.9 Å². The Labute approximate surface area is 122 Å². The smallest absolute Gasteiger partial charge is 0.250 e. The molecule has 96 valence electrons. The van der Waals surface area contributed by atoms with Crippen LogP contribution in [0.4, 0.5) is 0 Å². The van der Waals surface area contributed by atoms with Crippen molar-refractivity contribution in [3.05, 3.63) is 28.2 Å². The van der Waals surface area contributed by atoms with E-state index in [4.69, 9.17) is 4.43 Å². The minimum Gasteiger partial charge on any atom is -0.543 e. The highest BCUT2D eigenvalue weighted by Crippen LogP contribution is 2.39. The highest BCUT2D eigenvalue weighted by atomic mass is 79.9. The highest BCUT2D eigenvalue weighted by molar-refractivity contribution is 9.10. The van der Waals surface area contributed by atoms with Gasteiger partial charge in [0.2, 0.25) is 8.32 Å². The summed E-state index contributed by atoms with van der Waals surface area (Å²) >= 11 is 7.01. The molecule has 0 aliphatic carbocycles. The number of hydrogen-bond acceptors (Lipinski definition) is 1. The summed E-state index contributed by atoms with van der Waals surface area (Å²) in [6.45, 7) is 11.3. The summed E-state index contributed by atoms with van der Waals surface area (Å²) in [5.74, 6) is 1.00. The van der Waals surface area contributed by atoms with Crippen LogP contribution in [0.5, 0.6) is 5.75 Å². The van der Waals surface area contributed by atoms with Crippen molar-refractivity contribution in [1.82, 2.24) is 0 Å². The molecule has 0 atom stereocenters. The first-order chi connectivity index (χ1) is 7.67. The Morgan fingerprint density at radius 2 is 1.82 bits per heavy atom. The van der Waals surface area contributed by atoms with Crippen LogP contribution in [-0.2, 0) is 5.33 Å². The molecule has 0 aromatic heterocycles. The fraction of sp³-hybridized carbons (Fsp3) is 0.538. The number of alkyl halides is 1. The van der Waals surface area contributed by atoms with Crippen molar-refractivity contribution < 1.29 is 4.43 Å². The molecular weight excluding hydrogens is 360 g/mol. The van der Waals surface area contributed by atoms with Crippen LogP contribution in [0.15, 0.2) is 22.7 Å². The number of halogens is 2. The molecule has 0 unspecified atom stereocenters. The molecule has 17 heavy (non-hydrogen) atoms. The molecule has 0 radical (unpaired) electrons. The molecule has 1 aromatic carbocycles. The van der Waals surface area contributed by atoms with E-state index in [1.165, 1.54) is 5.56 Å². The van der Waals surface area contributed by atoms with Crippen LogP contribution in [0, 0.1) is 0 Å². The Morgan fingerprint density at radius 3 is 2.29 bits per heavy atom. The fourth-order valence-electron chi connectivity index (χ4n) is 1.16. The molecule has 4 heteroatoms. The summed E-state index contributed by atoms with van der Waals surface area (Å²) < 4.78 is 7.41. The summed E-state index contributed by atoms with van der Waals surface area (Å²) in [6.07, 6.45) is 0. The van der Waals surface area contributed by atoms with Crippen molar-refractivity contribution in [2.45, 2.75) is 44.2 Å². The van der Waals surface area contributed by atoms with Crippen LogP contribution in [-0.4, -0.2) is 8.32 Å². The van der Waals surface area contributed by atoms with Gasteiger partial charge in [0.05, 0.1) is 0 Å². The summed E-state index contributed by atoms with van der Waals surface area (Å²) in [5, 5.41) is 1.04. The van der Waals surface area contributed by atoms with Gasteiger partial charge in [0.1, 0.15) is 5.75 Å². The first-order valence-corrected chi connectivity index (χ1v) is 10.5. The summed E-state index contributed by atoms with van der Waals surface area (Å²) in [5.41, 5.74) is 1.21. The Kier molecular flexibility index (Phi) is 4.89. The molecule has 0 spiro atoms. The minimum atomic E-state index is -1.76. The van der Waals surface area contributed by atoms with Crippen molar-refractivity contribution >= 4 is 40.2 Å². The van der Waals surface area contributed by atoms with Crippen molar-refractivity contribution in [2.24, 2.45) is 0 Å². The van der Waals surface area contributed by atoms with Crippen LogP contribution >= 0.6 is 31.9 Å². The van der Waals surface area contributed by atoms with E-state index in [1.807, 2.05) is 0 Å². The second kappa shape index (κ2) is 5.45. The zero-order chi connectivity index (χ0) is 13.3. The molecule has 1 rings (SSSR count). The molecule has 0 aliphatic heterocycles. The number of hydrogen-bond donors (Lipinski definition) is 0. The Balaban J connectivity index is 3.06. The van der Waals surface area contributed by atoms with Crippen molar-refractivity contribution in [2.75, 3.05) is 0 Å². The molecule has 0 saturated heterocycles. The van der Waals surface area contributed by atoms with Crippen LogP contribution in [0.3, 0.4) is 0 Å². The van der Waals surface area contributed by atoms with Gasteiger partial charge in [-0.3, -0.25) is 0 Å². The highest BCUT2D eigenvalue weighted by Gasteiger charge is 2.39. The first kappa shape index (κ1) is 15.3. The largest absolute Gasteiger partial charge is 0.543 e. The van der Waals surface area contributed by atoms with Gasteiger partial charge in [-0.25, -0.2) is 0 Å². The van der Waals surface area contributed by atoms with E-state index in [9.17, 15) is 0 Å². The van der Waals surface area contributed by atoms with Crippen molar-refractivity contribution in [3.63, 3.8) is 0 Å². The normalized spacial score (nSPS) is 12.6. The number of rotatable bonds is 3. The van der Waals surface area contributed by atoms with Gasteiger partial charge in [-0.05, 0) is 30.3 Å². The zero-order valence-corrected chi connectivity index (χ0v) is 15.3. The predicted octanol–water partition coefficient (Wildman–Crippen LogP) is 5.73. The summed E-state index contributed by atoms with van der Waals surface area (Å²) in [7, 11) is -1.76. The van der Waals surface area contributed by atoms with Crippen LogP contribution in [0.1, 0.15) is 26.3 Å². The minimum absolute atomic E-state index is 0.221. The summed E-state index contributed by atoms with van der Waals surface area (Å²) in [6, 6.07) is 6.22.